The van der Waals surface area contributed by atoms with Crippen molar-refractivity contribution in [2.75, 3.05) is 0 Å². The average molecular weight is 410 g/mol. The van der Waals surface area contributed by atoms with E-state index in [9.17, 15) is 9.59 Å². The third-order valence-electron chi connectivity index (χ3n) is 3.14. The lowest BCUT2D eigenvalue weighted by atomic mass is 10.0. The highest BCUT2D eigenvalue weighted by atomic mass is 79.9. The van der Waals surface area contributed by atoms with Crippen molar-refractivity contribution in [3.05, 3.63) is 68.6 Å². The van der Waals surface area contributed by atoms with Crippen LogP contribution >= 0.6 is 31.9 Å². The molecule has 0 bridgehead atoms. The van der Waals surface area contributed by atoms with Crippen LogP contribution in [0.3, 0.4) is 0 Å². The van der Waals surface area contributed by atoms with Gasteiger partial charge in [0.25, 0.3) is 0 Å². The summed E-state index contributed by atoms with van der Waals surface area (Å²) in [5, 5.41) is 0. The van der Waals surface area contributed by atoms with E-state index in [1.165, 1.54) is 0 Å². The average Bonchev–Trinajstić information content (AvgIpc) is 2.48. The van der Waals surface area contributed by atoms with Gasteiger partial charge in [-0.05, 0) is 30.7 Å². The molecule has 21 heavy (non-hydrogen) atoms. The lowest BCUT2D eigenvalue weighted by Crippen LogP contribution is -2.03. The van der Waals surface area contributed by atoms with Crippen molar-refractivity contribution in [2.24, 2.45) is 0 Å². The summed E-state index contributed by atoms with van der Waals surface area (Å²) in [5.41, 5.74) is 1.38. The van der Waals surface area contributed by atoms with Gasteiger partial charge in [-0.25, -0.2) is 0 Å². The molecule has 2 rings (SSSR count). The van der Waals surface area contributed by atoms with E-state index in [1.807, 2.05) is 24.3 Å². The van der Waals surface area contributed by atoms with E-state index in [0.717, 1.165) is 8.95 Å². The number of ketones is 2. The van der Waals surface area contributed by atoms with Gasteiger partial charge in [0, 0.05) is 32.9 Å². The van der Waals surface area contributed by atoms with Crippen molar-refractivity contribution in [2.45, 2.75) is 19.3 Å². The molecule has 4 heteroatoms. The maximum Gasteiger partial charge on any atom is 0.162 e. The fraction of sp³-hybridized carbons (Fsp3) is 0.176. The standard InChI is InChI=1S/C17H14Br2O2/c18-14-8-4-12(5-9-14)16(20)2-1-3-17(21)13-6-10-15(19)11-7-13/h4-11H,1-3H2. The zero-order valence-corrected chi connectivity index (χ0v) is 14.5. The van der Waals surface area contributed by atoms with Gasteiger partial charge in [0.2, 0.25) is 0 Å². The van der Waals surface area contributed by atoms with Crippen LogP contribution in [0.1, 0.15) is 40.0 Å². The van der Waals surface area contributed by atoms with Crippen LogP contribution < -0.4 is 0 Å². The minimum absolute atomic E-state index is 0.0751. The summed E-state index contributed by atoms with van der Waals surface area (Å²) < 4.78 is 1.90. The van der Waals surface area contributed by atoms with Crippen molar-refractivity contribution >= 4 is 43.4 Å². The first kappa shape index (κ1) is 16.1. The molecule has 0 spiro atoms. The second kappa shape index (κ2) is 7.66. The van der Waals surface area contributed by atoms with Crippen LogP contribution in [0.25, 0.3) is 0 Å². The maximum atomic E-state index is 12.0. The van der Waals surface area contributed by atoms with E-state index < -0.39 is 0 Å². The molecule has 0 aromatic heterocycles. The van der Waals surface area contributed by atoms with Crippen LogP contribution in [0, 0.1) is 0 Å². The fourth-order valence-corrected chi connectivity index (χ4v) is 2.50. The van der Waals surface area contributed by atoms with E-state index in [4.69, 9.17) is 0 Å². The molecule has 0 saturated carbocycles. The van der Waals surface area contributed by atoms with Crippen molar-refractivity contribution in [1.82, 2.24) is 0 Å². The Labute approximate surface area is 140 Å². The first-order valence-corrected chi connectivity index (χ1v) is 8.22. The number of carbonyl (C=O) groups is 2. The van der Waals surface area contributed by atoms with E-state index in [2.05, 4.69) is 31.9 Å². The van der Waals surface area contributed by atoms with Crippen LogP contribution in [-0.4, -0.2) is 11.6 Å². The van der Waals surface area contributed by atoms with Crippen molar-refractivity contribution in [3.63, 3.8) is 0 Å². The van der Waals surface area contributed by atoms with Gasteiger partial charge < -0.3 is 0 Å². The van der Waals surface area contributed by atoms with Crippen LogP contribution in [0.5, 0.6) is 0 Å². The van der Waals surface area contributed by atoms with Gasteiger partial charge >= 0.3 is 0 Å². The molecule has 0 aliphatic heterocycles. The van der Waals surface area contributed by atoms with Gasteiger partial charge in [0.15, 0.2) is 11.6 Å². The second-order valence-corrected chi connectivity index (χ2v) is 6.55. The predicted octanol–water partition coefficient (Wildman–Crippen LogP) is 5.45. The number of hydrogen-bond acceptors (Lipinski definition) is 2. The number of rotatable bonds is 6. The first-order chi connectivity index (χ1) is 10.1. The van der Waals surface area contributed by atoms with Crippen molar-refractivity contribution in [3.8, 4) is 0 Å². The predicted molar refractivity (Wildman–Crippen MR) is 90.8 cm³/mol. The molecular formula is C17H14Br2O2. The first-order valence-electron chi connectivity index (χ1n) is 6.64. The van der Waals surface area contributed by atoms with Gasteiger partial charge in [0.1, 0.15) is 0 Å². The maximum absolute atomic E-state index is 12.0. The quantitative estimate of drug-likeness (QED) is 0.594. The molecule has 2 aromatic rings. The molecule has 0 heterocycles. The topological polar surface area (TPSA) is 34.1 Å². The minimum Gasteiger partial charge on any atom is -0.294 e. The number of benzene rings is 2. The Morgan fingerprint density at radius 3 is 1.33 bits per heavy atom. The van der Waals surface area contributed by atoms with Crippen molar-refractivity contribution in [1.29, 1.82) is 0 Å². The minimum atomic E-state index is 0.0751. The van der Waals surface area contributed by atoms with Crippen molar-refractivity contribution < 1.29 is 9.59 Å². The Hall–Kier alpha value is -1.26. The Balaban J connectivity index is 1.83. The third-order valence-corrected chi connectivity index (χ3v) is 4.20. The molecular weight excluding hydrogens is 396 g/mol. The lowest BCUT2D eigenvalue weighted by molar-refractivity contribution is 0.0957. The van der Waals surface area contributed by atoms with Gasteiger partial charge in [-0.3, -0.25) is 9.59 Å². The normalized spacial score (nSPS) is 10.4. The smallest absolute Gasteiger partial charge is 0.162 e. The molecule has 0 aliphatic rings. The Morgan fingerprint density at radius 2 is 1.00 bits per heavy atom. The van der Waals surface area contributed by atoms with E-state index >= 15 is 0 Å². The van der Waals surface area contributed by atoms with Crippen LogP contribution in [0.15, 0.2) is 57.5 Å². The molecule has 0 amide bonds. The molecule has 108 valence electrons. The largest absolute Gasteiger partial charge is 0.294 e. The molecule has 2 nitrogen and oxygen atoms in total. The number of hydrogen-bond donors (Lipinski definition) is 0. The molecule has 0 aliphatic carbocycles. The summed E-state index contributed by atoms with van der Waals surface area (Å²) in [5.74, 6) is 0.150. The SMILES string of the molecule is O=C(CCCC(=O)c1ccc(Br)cc1)c1ccc(Br)cc1. The molecule has 2 aromatic carbocycles. The van der Waals surface area contributed by atoms with Gasteiger partial charge in [-0.2, -0.15) is 0 Å². The lowest BCUT2D eigenvalue weighted by Gasteiger charge is -2.02. The second-order valence-electron chi connectivity index (χ2n) is 4.71. The monoisotopic (exact) mass is 408 g/mol. The van der Waals surface area contributed by atoms with Crippen LogP contribution in [0.2, 0.25) is 0 Å². The summed E-state index contributed by atoms with van der Waals surface area (Å²) >= 11 is 6.68. The summed E-state index contributed by atoms with van der Waals surface area (Å²) in [4.78, 5) is 24.0. The van der Waals surface area contributed by atoms with Crippen LogP contribution in [-0.2, 0) is 0 Å². The summed E-state index contributed by atoms with van der Waals surface area (Å²) in [7, 11) is 0. The van der Waals surface area contributed by atoms with Gasteiger partial charge in [-0.15, -0.1) is 0 Å². The molecule has 0 fully saturated rings. The van der Waals surface area contributed by atoms with E-state index in [-0.39, 0.29) is 11.6 Å². The van der Waals surface area contributed by atoms with Gasteiger partial charge in [-0.1, -0.05) is 56.1 Å². The molecule has 0 unspecified atom stereocenters. The Morgan fingerprint density at radius 1 is 0.667 bits per heavy atom. The Bertz CT molecular complexity index is 573. The molecule has 0 saturated heterocycles. The fourth-order valence-electron chi connectivity index (χ4n) is 1.97. The summed E-state index contributed by atoms with van der Waals surface area (Å²) in [6, 6.07) is 14.6. The number of Topliss-reactive ketones (excluding diaryl/α,β-unsaturated/α-hetero) is 2. The van der Waals surface area contributed by atoms with E-state index in [0.29, 0.717) is 30.4 Å². The highest BCUT2D eigenvalue weighted by molar-refractivity contribution is 9.10. The number of carbonyl (C=O) groups excluding carboxylic acids is 2. The molecule has 0 radical (unpaired) electrons. The summed E-state index contributed by atoms with van der Waals surface area (Å²) in [6.45, 7) is 0. The highest BCUT2D eigenvalue weighted by Crippen LogP contribution is 2.15. The summed E-state index contributed by atoms with van der Waals surface area (Å²) in [6.07, 6.45) is 1.36. The molecule has 0 atom stereocenters. The van der Waals surface area contributed by atoms with Crippen LogP contribution in [0.4, 0.5) is 0 Å². The Kier molecular flexibility index (Phi) is 5.88. The zero-order valence-electron chi connectivity index (χ0n) is 11.3. The highest BCUT2D eigenvalue weighted by Gasteiger charge is 2.09. The number of halogens is 2. The van der Waals surface area contributed by atoms with E-state index in [1.54, 1.807) is 24.3 Å². The molecule has 0 N–H and O–H groups in total. The third kappa shape index (κ3) is 4.90. The zero-order chi connectivity index (χ0) is 15.2. The van der Waals surface area contributed by atoms with Gasteiger partial charge in [0.05, 0.1) is 0 Å².